The number of β-amino-alcohol motifs (C(OH)–C–C–N with tert-alkyl or cyclic N) is 1. The fourth-order valence-electron chi connectivity index (χ4n) is 2.21. The van der Waals surface area contributed by atoms with Crippen LogP contribution >= 0.6 is 0 Å². The van der Waals surface area contributed by atoms with Crippen molar-refractivity contribution < 1.29 is 9.84 Å². The molecule has 0 aromatic carbocycles. The van der Waals surface area contributed by atoms with Crippen LogP contribution in [0.15, 0.2) is 0 Å². The molecule has 0 aliphatic carbocycles. The maximum absolute atomic E-state index is 9.97. The highest BCUT2D eigenvalue weighted by molar-refractivity contribution is 4.76. The second-order valence-corrected chi connectivity index (χ2v) is 4.91. The van der Waals surface area contributed by atoms with Gasteiger partial charge in [-0.2, -0.15) is 0 Å². The van der Waals surface area contributed by atoms with Gasteiger partial charge in [-0.15, -0.1) is 0 Å². The minimum absolute atomic E-state index is 0.173. The molecule has 0 spiro atoms. The second kappa shape index (κ2) is 7.25. The van der Waals surface area contributed by atoms with Gasteiger partial charge in [0.2, 0.25) is 0 Å². The Hall–Kier alpha value is -0.120. The van der Waals surface area contributed by atoms with Crippen molar-refractivity contribution >= 4 is 0 Å². The second-order valence-electron chi connectivity index (χ2n) is 4.91. The van der Waals surface area contributed by atoms with E-state index in [9.17, 15) is 5.11 Å². The van der Waals surface area contributed by atoms with Gasteiger partial charge in [0, 0.05) is 26.2 Å². The molecule has 16 heavy (non-hydrogen) atoms. The van der Waals surface area contributed by atoms with Crippen molar-refractivity contribution in [2.45, 2.75) is 52.2 Å². The lowest BCUT2D eigenvalue weighted by molar-refractivity contribution is -0.00325. The summed E-state index contributed by atoms with van der Waals surface area (Å²) in [6.07, 6.45) is 3.55. The number of hydrogen-bond donors (Lipinski definition) is 1. The SMILES string of the molecule is CCOC1CCN(CC(O)C(C)CC)CC1. The van der Waals surface area contributed by atoms with E-state index in [-0.39, 0.29) is 6.10 Å². The molecule has 0 amide bonds. The summed E-state index contributed by atoms with van der Waals surface area (Å²) >= 11 is 0. The van der Waals surface area contributed by atoms with Crippen LogP contribution in [0.5, 0.6) is 0 Å². The Morgan fingerprint density at radius 3 is 2.44 bits per heavy atom. The summed E-state index contributed by atoms with van der Waals surface area (Å²) in [7, 11) is 0. The third-order valence-corrected chi connectivity index (χ3v) is 3.68. The van der Waals surface area contributed by atoms with E-state index in [1.807, 2.05) is 0 Å². The molecule has 1 aliphatic heterocycles. The molecule has 1 rings (SSSR count). The molecule has 1 saturated heterocycles. The molecule has 96 valence electrons. The van der Waals surface area contributed by atoms with E-state index < -0.39 is 0 Å². The van der Waals surface area contributed by atoms with Crippen molar-refractivity contribution in [2.24, 2.45) is 5.92 Å². The average molecular weight is 229 g/mol. The number of nitrogens with zero attached hydrogens (tertiary/aromatic N) is 1. The third kappa shape index (κ3) is 4.40. The van der Waals surface area contributed by atoms with Crippen LogP contribution in [-0.2, 0) is 4.74 Å². The maximum atomic E-state index is 9.97. The molecule has 2 atom stereocenters. The number of rotatable bonds is 6. The molecule has 3 nitrogen and oxygen atoms in total. The van der Waals surface area contributed by atoms with Crippen LogP contribution in [0.25, 0.3) is 0 Å². The average Bonchev–Trinajstić information content (AvgIpc) is 2.31. The van der Waals surface area contributed by atoms with Crippen molar-refractivity contribution in [3.05, 3.63) is 0 Å². The summed E-state index contributed by atoms with van der Waals surface area (Å²) in [4.78, 5) is 2.37. The Morgan fingerprint density at radius 1 is 1.31 bits per heavy atom. The molecule has 0 aromatic heterocycles. The molecular formula is C13H27NO2. The summed E-state index contributed by atoms with van der Waals surface area (Å²) < 4.78 is 5.62. The Balaban J connectivity index is 2.21. The van der Waals surface area contributed by atoms with Gasteiger partial charge in [-0.1, -0.05) is 20.3 Å². The van der Waals surface area contributed by atoms with Crippen LogP contribution in [0.2, 0.25) is 0 Å². The number of ether oxygens (including phenoxy) is 1. The smallest absolute Gasteiger partial charge is 0.0692 e. The van der Waals surface area contributed by atoms with Gasteiger partial charge in [0.1, 0.15) is 0 Å². The zero-order valence-corrected chi connectivity index (χ0v) is 11.0. The standard InChI is InChI=1S/C13H27NO2/c1-4-11(3)13(15)10-14-8-6-12(7-9-14)16-5-2/h11-13,15H,4-10H2,1-3H3. The first kappa shape index (κ1) is 13.9. The van der Waals surface area contributed by atoms with Crippen LogP contribution in [0, 0.1) is 5.92 Å². The van der Waals surface area contributed by atoms with Crippen LogP contribution in [-0.4, -0.2) is 48.5 Å². The summed E-state index contributed by atoms with van der Waals surface area (Å²) in [6.45, 7) is 10.1. The quantitative estimate of drug-likeness (QED) is 0.755. The highest BCUT2D eigenvalue weighted by Crippen LogP contribution is 2.16. The Bertz CT molecular complexity index is 179. The van der Waals surface area contributed by atoms with E-state index in [0.717, 1.165) is 45.5 Å². The number of likely N-dealkylation sites (tertiary alicyclic amines) is 1. The lowest BCUT2D eigenvalue weighted by Crippen LogP contribution is -2.42. The number of piperidine rings is 1. The molecule has 1 N–H and O–H groups in total. The molecule has 0 saturated carbocycles. The first-order valence-electron chi connectivity index (χ1n) is 6.69. The Morgan fingerprint density at radius 2 is 1.94 bits per heavy atom. The lowest BCUT2D eigenvalue weighted by Gasteiger charge is -2.34. The van der Waals surface area contributed by atoms with Crippen LogP contribution in [0.4, 0.5) is 0 Å². The van der Waals surface area contributed by atoms with Gasteiger partial charge in [-0.3, -0.25) is 0 Å². The van der Waals surface area contributed by atoms with Crippen molar-refractivity contribution in [3.8, 4) is 0 Å². The predicted octanol–water partition coefficient (Wildman–Crippen LogP) is 1.89. The van der Waals surface area contributed by atoms with Crippen LogP contribution < -0.4 is 0 Å². The third-order valence-electron chi connectivity index (χ3n) is 3.68. The van der Waals surface area contributed by atoms with Gasteiger partial charge in [0.15, 0.2) is 0 Å². The minimum atomic E-state index is -0.173. The van der Waals surface area contributed by atoms with Gasteiger partial charge in [-0.25, -0.2) is 0 Å². The predicted molar refractivity (Wildman–Crippen MR) is 66.5 cm³/mol. The van der Waals surface area contributed by atoms with E-state index in [1.54, 1.807) is 0 Å². The molecular weight excluding hydrogens is 202 g/mol. The van der Waals surface area contributed by atoms with Gasteiger partial charge < -0.3 is 14.7 Å². The Labute approximate surface area is 99.8 Å². The van der Waals surface area contributed by atoms with Gasteiger partial charge in [0.05, 0.1) is 12.2 Å². The number of aliphatic hydroxyl groups is 1. The molecule has 1 fully saturated rings. The maximum Gasteiger partial charge on any atom is 0.0692 e. The summed E-state index contributed by atoms with van der Waals surface area (Å²) in [5, 5.41) is 9.97. The van der Waals surface area contributed by atoms with E-state index >= 15 is 0 Å². The molecule has 1 heterocycles. The van der Waals surface area contributed by atoms with Gasteiger partial charge in [0.25, 0.3) is 0 Å². The topological polar surface area (TPSA) is 32.7 Å². The lowest BCUT2D eigenvalue weighted by atomic mass is 10.00. The van der Waals surface area contributed by atoms with Crippen molar-refractivity contribution in [3.63, 3.8) is 0 Å². The van der Waals surface area contributed by atoms with Gasteiger partial charge in [-0.05, 0) is 25.7 Å². The van der Waals surface area contributed by atoms with Crippen LogP contribution in [0.1, 0.15) is 40.0 Å². The van der Waals surface area contributed by atoms with E-state index in [2.05, 4.69) is 25.7 Å². The normalized spacial score (nSPS) is 23.2. The highest BCUT2D eigenvalue weighted by Gasteiger charge is 2.22. The van der Waals surface area contributed by atoms with E-state index in [4.69, 9.17) is 4.74 Å². The number of hydrogen-bond acceptors (Lipinski definition) is 3. The Kier molecular flexibility index (Phi) is 6.32. The van der Waals surface area contributed by atoms with Crippen molar-refractivity contribution in [2.75, 3.05) is 26.2 Å². The zero-order valence-electron chi connectivity index (χ0n) is 11.0. The molecule has 2 unspecified atom stereocenters. The monoisotopic (exact) mass is 229 g/mol. The number of aliphatic hydroxyl groups excluding tert-OH is 1. The first-order chi connectivity index (χ1) is 7.67. The fourth-order valence-corrected chi connectivity index (χ4v) is 2.21. The van der Waals surface area contributed by atoms with Crippen LogP contribution in [0.3, 0.4) is 0 Å². The van der Waals surface area contributed by atoms with Crippen molar-refractivity contribution in [1.29, 1.82) is 0 Å². The van der Waals surface area contributed by atoms with Gasteiger partial charge >= 0.3 is 0 Å². The van der Waals surface area contributed by atoms with E-state index in [1.165, 1.54) is 0 Å². The molecule has 3 heteroatoms. The highest BCUT2D eigenvalue weighted by atomic mass is 16.5. The molecule has 0 bridgehead atoms. The molecule has 1 aliphatic rings. The zero-order chi connectivity index (χ0) is 12.0. The summed E-state index contributed by atoms with van der Waals surface area (Å²) in [6, 6.07) is 0. The van der Waals surface area contributed by atoms with Crippen molar-refractivity contribution in [1.82, 2.24) is 4.90 Å². The largest absolute Gasteiger partial charge is 0.392 e. The summed E-state index contributed by atoms with van der Waals surface area (Å²) in [5.41, 5.74) is 0. The first-order valence-corrected chi connectivity index (χ1v) is 6.69. The minimum Gasteiger partial charge on any atom is -0.392 e. The fraction of sp³-hybridized carbons (Fsp3) is 1.00. The molecule has 0 radical (unpaired) electrons. The molecule has 0 aromatic rings. The van der Waals surface area contributed by atoms with E-state index in [0.29, 0.717) is 12.0 Å². The summed E-state index contributed by atoms with van der Waals surface area (Å²) in [5.74, 6) is 0.407.